The van der Waals surface area contributed by atoms with Crippen LogP contribution in [-0.2, 0) is 11.8 Å². The summed E-state index contributed by atoms with van der Waals surface area (Å²) in [7, 11) is 1.83. The summed E-state index contributed by atoms with van der Waals surface area (Å²) in [4.78, 5) is 30.0. The summed E-state index contributed by atoms with van der Waals surface area (Å²) in [6, 6.07) is 7.34. The SMILES string of the molecule is Cc1ccc(NC(=O)C(C)C)cc1NC(=O)c1cc(C(C)C)nc2c1c(C)nn2C. The van der Waals surface area contributed by atoms with Crippen LogP contribution in [0, 0.1) is 19.8 Å². The van der Waals surface area contributed by atoms with E-state index < -0.39 is 0 Å². The van der Waals surface area contributed by atoms with Gasteiger partial charge < -0.3 is 10.6 Å². The molecule has 2 aromatic heterocycles. The first-order valence-electron chi connectivity index (χ1n) is 10.2. The van der Waals surface area contributed by atoms with Gasteiger partial charge in [-0.1, -0.05) is 33.8 Å². The number of aryl methyl sites for hydroxylation is 3. The summed E-state index contributed by atoms with van der Waals surface area (Å²) in [5.74, 6) is -0.250. The Morgan fingerprint density at radius 2 is 1.73 bits per heavy atom. The monoisotopic (exact) mass is 407 g/mol. The molecule has 0 aliphatic heterocycles. The largest absolute Gasteiger partial charge is 0.326 e. The number of carbonyl (C=O) groups is 2. The molecule has 0 bridgehead atoms. The van der Waals surface area contributed by atoms with E-state index in [4.69, 9.17) is 4.98 Å². The van der Waals surface area contributed by atoms with Crippen molar-refractivity contribution in [2.45, 2.75) is 47.5 Å². The van der Waals surface area contributed by atoms with E-state index >= 15 is 0 Å². The van der Waals surface area contributed by atoms with E-state index in [-0.39, 0.29) is 23.7 Å². The van der Waals surface area contributed by atoms with Crippen molar-refractivity contribution in [3.8, 4) is 0 Å². The van der Waals surface area contributed by atoms with Crippen LogP contribution in [0.4, 0.5) is 11.4 Å². The smallest absolute Gasteiger partial charge is 0.256 e. The molecular formula is C23H29N5O2. The van der Waals surface area contributed by atoms with Crippen molar-refractivity contribution in [3.63, 3.8) is 0 Å². The maximum absolute atomic E-state index is 13.3. The molecule has 2 heterocycles. The molecule has 30 heavy (non-hydrogen) atoms. The number of nitrogens with zero attached hydrogens (tertiary/aromatic N) is 3. The highest BCUT2D eigenvalue weighted by Crippen LogP contribution is 2.27. The molecule has 0 aliphatic rings. The Labute approximate surface area is 176 Å². The number of fused-ring (bicyclic) bond motifs is 1. The Morgan fingerprint density at radius 3 is 2.37 bits per heavy atom. The average molecular weight is 408 g/mol. The van der Waals surface area contributed by atoms with Crippen LogP contribution in [0.2, 0.25) is 0 Å². The lowest BCUT2D eigenvalue weighted by molar-refractivity contribution is -0.118. The van der Waals surface area contributed by atoms with Crippen LogP contribution in [0.15, 0.2) is 24.3 Å². The summed E-state index contributed by atoms with van der Waals surface area (Å²) in [5, 5.41) is 11.1. The molecule has 0 saturated carbocycles. The molecule has 2 N–H and O–H groups in total. The van der Waals surface area contributed by atoms with Gasteiger partial charge in [0.25, 0.3) is 5.91 Å². The molecule has 0 unspecified atom stereocenters. The van der Waals surface area contributed by atoms with E-state index in [1.807, 2.05) is 66.8 Å². The quantitative estimate of drug-likeness (QED) is 0.649. The topological polar surface area (TPSA) is 88.9 Å². The summed E-state index contributed by atoms with van der Waals surface area (Å²) < 4.78 is 1.71. The van der Waals surface area contributed by atoms with Crippen LogP contribution in [-0.4, -0.2) is 26.6 Å². The minimum atomic E-state index is -0.226. The first-order valence-corrected chi connectivity index (χ1v) is 10.2. The maximum atomic E-state index is 13.3. The van der Waals surface area contributed by atoms with Gasteiger partial charge in [-0.15, -0.1) is 0 Å². The van der Waals surface area contributed by atoms with E-state index in [1.165, 1.54) is 0 Å². The van der Waals surface area contributed by atoms with Gasteiger partial charge in [-0.2, -0.15) is 5.10 Å². The van der Waals surface area contributed by atoms with Gasteiger partial charge in [-0.05, 0) is 43.5 Å². The van der Waals surface area contributed by atoms with Crippen molar-refractivity contribution in [2.24, 2.45) is 13.0 Å². The lowest BCUT2D eigenvalue weighted by Gasteiger charge is -2.14. The standard InChI is InChI=1S/C23H29N5O2/c1-12(2)18-11-17(20-15(6)27-28(7)21(20)25-18)23(30)26-19-10-16(9-8-14(19)5)24-22(29)13(3)4/h8-13H,1-7H3,(H,24,29)(H,26,30). The summed E-state index contributed by atoms with van der Waals surface area (Å²) in [6.45, 7) is 11.6. The molecule has 2 amide bonds. The molecule has 0 spiro atoms. The highest BCUT2D eigenvalue weighted by atomic mass is 16.2. The van der Waals surface area contributed by atoms with Crippen LogP contribution < -0.4 is 10.6 Å². The van der Waals surface area contributed by atoms with Crippen LogP contribution in [0.5, 0.6) is 0 Å². The number of benzene rings is 1. The van der Waals surface area contributed by atoms with E-state index in [0.29, 0.717) is 22.6 Å². The fourth-order valence-electron chi connectivity index (χ4n) is 3.25. The van der Waals surface area contributed by atoms with Gasteiger partial charge in [0.05, 0.1) is 16.6 Å². The number of anilines is 2. The average Bonchev–Trinajstić information content (AvgIpc) is 2.97. The predicted octanol–water partition coefficient (Wildman–Crippen LogP) is 4.56. The normalized spacial score (nSPS) is 11.4. The first kappa shape index (κ1) is 21.5. The number of aromatic nitrogens is 3. The minimum absolute atomic E-state index is 0.0699. The van der Waals surface area contributed by atoms with Crippen molar-refractivity contribution < 1.29 is 9.59 Å². The Kier molecular flexibility index (Phi) is 5.92. The van der Waals surface area contributed by atoms with Gasteiger partial charge in [0.2, 0.25) is 5.91 Å². The molecule has 0 aliphatic carbocycles. The molecule has 7 nitrogen and oxygen atoms in total. The Bertz CT molecular complexity index is 1130. The number of pyridine rings is 1. The summed E-state index contributed by atoms with van der Waals surface area (Å²) in [5.41, 5.74) is 5.04. The van der Waals surface area contributed by atoms with Crippen molar-refractivity contribution in [3.05, 3.63) is 46.8 Å². The van der Waals surface area contributed by atoms with Gasteiger partial charge in [0.15, 0.2) is 5.65 Å². The highest BCUT2D eigenvalue weighted by molar-refractivity contribution is 6.13. The Hall–Kier alpha value is -3.22. The van der Waals surface area contributed by atoms with Gasteiger partial charge in [-0.25, -0.2) is 4.98 Å². The molecular weight excluding hydrogens is 378 g/mol. The van der Waals surface area contributed by atoms with E-state index in [2.05, 4.69) is 15.7 Å². The molecule has 0 fully saturated rings. The number of carbonyl (C=O) groups excluding carboxylic acids is 2. The number of hydrogen-bond donors (Lipinski definition) is 2. The first-order chi connectivity index (χ1) is 14.1. The number of rotatable bonds is 5. The highest BCUT2D eigenvalue weighted by Gasteiger charge is 2.20. The molecule has 1 aromatic carbocycles. The maximum Gasteiger partial charge on any atom is 0.256 e. The molecule has 0 radical (unpaired) electrons. The third-order valence-corrected chi connectivity index (χ3v) is 5.10. The third kappa shape index (κ3) is 4.20. The zero-order valence-electron chi connectivity index (χ0n) is 18.6. The number of amides is 2. The number of hydrogen-bond acceptors (Lipinski definition) is 4. The molecule has 3 rings (SSSR count). The fourth-order valence-corrected chi connectivity index (χ4v) is 3.25. The third-order valence-electron chi connectivity index (χ3n) is 5.10. The fraction of sp³-hybridized carbons (Fsp3) is 0.391. The van der Waals surface area contributed by atoms with E-state index in [9.17, 15) is 9.59 Å². The van der Waals surface area contributed by atoms with Crippen molar-refractivity contribution in [1.82, 2.24) is 14.8 Å². The summed E-state index contributed by atoms with van der Waals surface area (Å²) in [6.07, 6.45) is 0. The van der Waals surface area contributed by atoms with E-state index in [0.717, 1.165) is 22.3 Å². The van der Waals surface area contributed by atoms with Crippen LogP contribution in [0.3, 0.4) is 0 Å². The lowest BCUT2D eigenvalue weighted by Crippen LogP contribution is -2.18. The molecule has 3 aromatic rings. The van der Waals surface area contributed by atoms with Gasteiger partial charge in [0.1, 0.15) is 0 Å². The molecule has 0 atom stereocenters. The van der Waals surface area contributed by atoms with Gasteiger partial charge in [-0.3, -0.25) is 14.3 Å². The minimum Gasteiger partial charge on any atom is -0.326 e. The predicted molar refractivity (Wildman–Crippen MR) is 120 cm³/mol. The van der Waals surface area contributed by atoms with Crippen LogP contribution >= 0.6 is 0 Å². The van der Waals surface area contributed by atoms with Crippen molar-refractivity contribution in [1.29, 1.82) is 0 Å². The molecule has 7 heteroatoms. The second-order valence-electron chi connectivity index (χ2n) is 8.28. The van der Waals surface area contributed by atoms with Crippen molar-refractivity contribution in [2.75, 3.05) is 10.6 Å². The Balaban J connectivity index is 2.00. The second kappa shape index (κ2) is 8.26. The lowest BCUT2D eigenvalue weighted by atomic mass is 10.0. The van der Waals surface area contributed by atoms with Crippen LogP contribution in [0.1, 0.15) is 60.9 Å². The molecule has 158 valence electrons. The number of nitrogens with one attached hydrogen (secondary N) is 2. The summed E-state index contributed by atoms with van der Waals surface area (Å²) >= 11 is 0. The molecule has 0 saturated heterocycles. The zero-order chi connectivity index (χ0) is 22.2. The van der Waals surface area contributed by atoms with Gasteiger partial charge >= 0.3 is 0 Å². The second-order valence-corrected chi connectivity index (χ2v) is 8.28. The van der Waals surface area contributed by atoms with Gasteiger partial charge in [0, 0.05) is 30.0 Å². The Morgan fingerprint density at radius 1 is 1.03 bits per heavy atom. The van der Waals surface area contributed by atoms with E-state index in [1.54, 1.807) is 10.7 Å². The zero-order valence-corrected chi connectivity index (χ0v) is 18.6. The van der Waals surface area contributed by atoms with Crippen molar-refractivity contribution >= 4 is 34.2 Å². The van der Waals surface area contributed by atoms with Crippen LogP contribution in [0.25, 0.3) is 11.0 Å².